The number of hydrogen-bond donors (Lipinski definition) is 1. The number of nitrogens with zero attached hydrogens (tertiary/aromatic N) is 3. The van der Waals surface area contributed by atoms with Crippen LogP contribution in [0.25, 0.3) is 0 Å². The molecule has 0 aliphatic carbocycles. The molecule has 1 aromatic carbocycles. The minimum Gasteiger partial charge on any atom is -0.310 e. The molecule has 2 rings (SSSR count). The molecular weight excluding hydrogens is 336 g/mol. The highest BCUT2D eigenvalue weighted by Crippen LogP contribution is 2.22. The number of halogens is 2. The maximum Gasteiger partial charge on any atom is 0.226 e. The molecule has 0 atom stereocenters. The monoisotopic (exact) mass is 344 g/mol. The first kappa shape index (κ1) is 11.6. The number of H-pyrrole nitrogens is 1. The highest BCUT2D eigenvalue weighted by atomic mass is 79.9. The molecule has 0 spiro atoms. The second-order valence-corrected chi connectivity index (χ2v) is 4.61. The van der Waals surface area contributed by atoms with E-state index < -0.39 is 0 Å². The minimum absolute atomic E-state index is 0.568. The number of para-hydroxylation sites is 1. The number of aromatic nitrogens is 3. The number of benzene rings is 1. The van der Waals surface area contributed by atoms with Crippen molar-refractivity contribution >= 4 is 43.5 Å². The van der Waals surface area contributed by atoms with Crippen LogP contribution in [0.2, 0.25) is 0 Å². The maximum absolute atomic E-state index is 4.26. The molecule has 1 N–H and O–H groups in total. The standard InChI is InChI=1S/C10H10Br2N4/c11-6-7-16(8-4-2-1-3-5-8)10-13-9(12)14-15-10/h1-5H,6-7H2,(H,13,14,15). The lowest BCUT2D eigenvalue weighted by Crippen LogP contribution is -2.20. The Kier molecular flexibility index (Phi) is 3.95. The number of alkyl halides is 1. The predicted octanol–water partition coefficient (Wildman–Crippen LogP) is 3.10. The highest BCUT2D eigenvalue weighted by Gasteiger charge is 2.11. The van der Waals surface area contributed by atoms with Crippen molar-refractivity contribution in [2.45, 2.75) is 0 Å². The summed E-state index contributed by atoms with van der Waals surface area (Å²) in [6, 6.07) is 10.1. The average Bonchev–Trinajstić information content (AvgIpc) is 2.74. The molecule has 0 unspecified atom stereocenters. The van der Waals surface area contributed by atoms with Crippen molar-refractivity contribution < 1.29 is 0 Å². The second kappa shape index (κ2) is 5.45. The average molecular weight is 346 g/mol. The van der Waals surface area contributed by atoms with Crippen molar-refractivity contribution in [2.75, 3.05) is 16.8 Å². The quantitative estimate of drug-likeness (QED) is 0.866. The third-order valence-electron chi connectivity index (χ3n) is 2.08. The van der Waals surface area contributed by atoms with E-state index >= 15 is 0 Å². The topological polar surface area (TPSA) is 44.8 Å². The van der Waals surface area contributed by atoms with E-state index in [2.05, 4.69) is 51.9 Å². The largest absolute Gasteiger partial charge is 0.310 e. The molecule has 0 aliphatic rings. The SMILES string of the molecule is BrCCN(c1ccccc1)c1nc(Br)n[nH]1. The molecule has 0 bridgehead atoms. The molecule has 0 saturated heterocycles. The van der Waals surface area contributed by atoms with Crippen LogP contribution in [0.1, 0.15) is 0 Å². The smallest absolute Gasteiger partial charge is 0.226 e. The van der Waals surface area contributed by atoms with Crippen molar-refractivity contribution in [1.82, 2.24) is 15.2 Å². The Morgan fingerprint density at radius 2 is 2.00 bits per heavy atom. The van der Waals surface area contributed by atoms with Crippen molar-refractivity contribution in [3.05, 3.63) is 35.1 Å². The summed E-state index contributed by atoms with van der Waals surface area (Å²) in [4.78, 5) is 6.32. The van der Waals surface area contributed by atoms with Crippen molar-refractivity contribution in [3.8, 4) is 0 Å². The zero-order valence-electron chi connectivity index (χ0n) is 8.40. The Morgan fingerprint density at radius 1 is 1.25 bits per heavy atom. The molecule has 0 aliphatic heterocycles. The molecule has 16 heavy (non-hydrogen) atoms. The van der Waals surface area contributed by atoms with Crippen LogP contribution in [0.5, 0.6) is 0 Å². The fourth-order valence-corrected chi connectivity index (χ4v) is 2.02. The lowest BCUT2D eigenvalue weighted by atomic mass is 10.3. The van der Waals surface area contributed by atoms with Gasteiger partial charge < -0.3 is 4.90 Å². The Labute approximate surface area is 110 Å². The van der Waals surface area contributed by atoms with Crippen LogP contribution in [0, 0.1) is 0 Å². The van der Waals surface area contributed by atoms with Gasteiger partial charge in [0.2, 0.25) is 10.7 Å². The third kappa shape index (κ3) is 2.62. The summed E-state index contributed by atoms with van der Waals surface area (Å²) in [6.07, 6.45) is 0. The van der Waals surface area contributed by atoms with Gasteiger partial charge in [0.1, 0.15) is 0 Å². The molecule has 6 heteroatoms. The van der Waals surface area contributed by atoms with Gasteiger partial charge in [0, 0.05) is 17.6 Å². The predicted molar refractivity (Wildman–Crippen MR) is 71.3 cm³/mol. The Balaban J connectivity index is 2.31. The fourth-order valence-electron chi connectivity index (χ4n) is 1.40. The van der Waals surface area contributed by atoms with Gasteiger partial charge in [-0.25, -0.2) is 5.10 Å². The normalized spacial score (nSPS) is 10.4. The summed E-state index contributed by atoms with van der Waals surface area (Å²) in [5.41, 5.74) is 1.09. The Hall–Kier alpha value is -0.880. The lowest BCUT2D eigenvalue weighted by Gasteiger charge is -2.20. The van der Waals surface area contributed by atoms with Gasteiger partial charge in [-0.2, -0.15) is 4.98 Å². The van der Waals surface area contributed by atoms with Crippen LogP contribution in [-0.4, -0.2) is 27.1 Å². The fraction of sp³-hybridized carbons (Fsp3) is 0.200. The van der Waals surface area contributed by atoms with Crippen molar-refractivity contribution in [2.24, 2.45) is 0 Å². The van der Waals surface area contributed by atoms with Crippen molar-refractivity contribution in [3.63, 3.8) is 0 Å². The molecule has 0 radical (unpaired) electrons. The van der Waals surface area contributed by atoms with Gasteiger partial charge in [0.15, 0.2) is 0 Å². The van der Waals surface area contributed by atoms with E-state index in [1.165, 1.54) is 0 Å². The molecule has 0 fully saturated rings. The van der Waals surface area contributed by atoms with E-state index in [0.29, 0.717) is 4.73 Å². The molecule has 4 nitrogen and oxygen atoms in total. The van der Waals surface area contributed by atoms with Gasteiger partial charge in [-0.05, 0) is 28.1 Å². The first-order valence-electron chi connectivity index (χ1n) is 4.77. The molecule has 2 aromatic rings. The van der Waals surface area contributed by atoms with Gasteiger partial charge in [-0.1, -0.05) is 34.1 Å². The Morgan fingerprint density at radius 3 is 2.56 bits per heavy atom. The van der Waals surface area contributed by atoms with E-state index in [1.54, 1.807) is 0 Å². The molecule has 0 amide bonds. The molecule has 0 saturated carbocycles. The van der Waals surface area contributed by atoms with Gasteiger partial charge in [0.05, 0.1) is 0 Å². The van der Waals surface area contributed by atoms with Crippen LogP contribution >= 0.6 is 31.9 Å². The summed E-state index contributed by atoms with van der Waals surface area (Å²) in [5, 5.41) is 7.72. The highest BCUT2D eigenvalue weighted by molar-refractivity contribution is 9.10. The van der Waals surface area contributed by atoms with E-state index in [1.807, 2.05) is 30.3 Å². The van der Waals surface area contributed by atoms with Gasteiger partial charge in [-0.3, -0.25) is 0 Å². The summed E-state index contributed by atoms with van der Waals surface area (Å²) >= 11 is 6.67. The van der Waals surface area contributed by atoms with Crippen LogP contribution in [0.4, 0.5) is 11.6 Å². The van der Waals surface area contributed by atoms with E-state index in [4.69, 9.17) is 0 Å². The maximum atomic E-state index is 4.26. The second-order valence-electron chi connectivity index (χ2n) is 3.10. The number of hydrogen-bond acceptors (Lipinski definition) is 3. The van der Waals surface area contributed by atoms with Gasteiger partial charge in [-0.15, -0.1) is 5.10 Å². The molecular formula is C10H10Br2N4. The van der Waals surface area contributed by atoms with Crippen LogP contribution in [0.15, 0.2) is 35.1 Å². The zero-order valence-corrected chi connectivity index (χ0v) is 11.6. The summed E-state index contributed by atoms with van der Waals surface area (Å²) in [7, 11) is 0. The van der Waals surface area contributed by atoms with Gasteiger partial charge in [0.25, 0.3) is 0 Å². The summed E-state index contributed by atoms with van der Waals surface area (Å²) in [6.45, 7) is 0.825. The Bertz CT molecular complexity index is 443. The minimum atomic E-state index is 0.568. The summed E-state index contributed by atoms with van der Waals surface area (Å²) < 4.78 is 0.568. The van der Waals surface area contributed by atoms with E-state index in [9.17, 15) is 0 Å². The third-order valence-corrected chi connectivity index (χ3v) is 2.79. The first-order valence-corrected chi connectivity index (χ1v) is 6.69. The van der Waals surface area contributed by atoms with E-state index in [-0.39, 0.29) is 0 Å². The van der Waals surface area contributed by atoms with Gasteiger partial charge >= 0.3 is 0 Å². The number of aromatic amines is 1. The number of anilines is 2. The van der Waals surface area contributed by atoms with Crippen LogP contribution < -0.4 is 4.90 Å². The molecule has 1 aromatic heterocycles. The van der Waals surface area contributed by atoms with Crippen LogP contribution in [-0.2, 0) is 0 Å². The number of rotatable bonds is 4. The molecule has 1 heterocycles. The number of nitrogens with one attached hydrogen (secondary N) is 1. The van der Waals surface area contributed by atoms with Crippen molar-refractivity contribution in [1.29, 1.82) is 0 Å². The van der Waals surface area contributed by atoms with E-state index in [0.717, 1.165) is 23.5 Å². The zero-order chi connectivity index (χ0) is 11.4. The van der Waals surface area contributed by atoms with Crippen LogP contribution in [0.3, 0.4) is 0 Å². The summed E-state index contributed by atoms with van der Waals surface area (Å²) in [5.74, 6) is 0.734. The lowest BCUT2D eigenvalue weighted by molar-refractivity contribution is 0.959. The molecule has 84 valence electrons. The first-order chi connectivity index (χ1) is 7.81.